The van der Waals surface area contributed by atoms with E-state index in [4.69, 9.17) is 0 Å². The Kier molecular flexibility index (Phi) is 8.85. The molecule has 0 nitrogen and oxygen atoms in total. The number of rotatable bonds is 4. The summed E-state index contributed by atoms with van der Waals surface area (Å²) in [5, 5.41) is 0. The zero-order valence-corrected chi connectivity index (χ0v) is 10.4. The van der Waals surface area contributed by atoms with E-state index in [2.05, 4.69) is 51.6 Å². The van der Waals surface area contributed by atoms with Gasteiger partial charge in [-0.25, -0.2) is 0 Å². The van der Waals surface area contributed by atoms with Gasteiger partial charge in [-0.15, -0.1) is 6.58 Å². The van der Waals surface area contributed by atoms with Crippen molar-refractivity contribution in [3.63, 3.8) is 0 Å². The normalized spacial score (nSPS) is 9.00. The third-order valence-electron chi connectivity index (χ3n) is 2.21. The number of hydrogen-bond donors (Lipinski definition) is 0. The van der Waals surface area contributed by atoms with Crippen LogP contribution in [0.5, 0.6) is 0 Å². The number of hydrogen-bond acceptors (Lipinski definition) is 0. The highest BCUT2D eigenvalue weighted by Crippen LogP contribution is 2.01. The minimum atomic E-state index is 1.14. The molecule has 0 bridgehead atoms. The Morgan fingerprint density at radius 1 is 1.13 bits per heavy atom. The summed E-state index contributed by atoms with van der Waals surface area (Å²) in [4.78, 5) is 0. The molecule has 0 aliphatic heterocycles. The highest BCUT2D eigenvalue weighted by molar-refractivity contribution is 5.13. The molecule has 1 aromatic rings. The first-order chi connectivity index (χ1) is 7.20. The summed E-state index contributed by atoms with van der Waals surface area (Å²) in [5.41, 5.74) is 2.72. The second-order valence-corrected chi connectivity index (χ2v) is 3.90. The first-order valence-electron chi connectivity index (χ1n) is 5.89. The molecule has 0 radical (unpaired) electrons. The Morgan fingerprint density at radius 2 is 1.73 bits per heavy atom. The van der Waals surface area contributed by atoms with E-state index in [1.807, 2.05) is 6.07 Å². The Balaban J connectivity index is 0.000000265. The summed E-state index contributed by atoms with van der Waals surface area (Å²) in [6.45, 7) is 10.2. The molecule has 0 atom stereocenters. The smallest absolute Gasteiger partial charge is 0.0307 e. The predicted molar refractivity (Wildman–Crippen MR) is 70.2 cm³/mol. The fourth-order valence-electron chi connectivity index (χ4n) is 1.19. The molecule has 0 spiro atoms. The van der Waals surface area contributed by atoms with Gasteiger partial charge in [0.25, 0.3) is 0 Å². The van der Waals surface area contributed by atoms with Crippen LogP contribution in [0, 0.1) is 0 Å². The molecular weight excluding hydrogens is 180 g/mol. The van der Waals surface area contributed by atoms with Crippen molar-refractivity contribution in [1.82, 2.24) is 0 Å². The quantitative estimate of drug-likeness (QED) is 0.605. The molecule has 0 saturated heterocycles. The molecule has 0 fully saturated rings. The van der Waals surface area contributed by atoms with E-state index >= 15 is 0 Å². The zero-order valence-electron chi connectivity index (χ0n) is 10.4. The molecule has 0 N–H and O–H groups in total. The lowest BCUT2D eigenvalue weighted by atomic mass is 10.2. The van der Waals surface area contributed by atoms with Gasteiger partial charge in [-0.3, -0.25) is 0 Å². The molecule has 0 unspecified atom stereocenters. The van der Waals surface area contributed by atoms with Crippen LogP contribution in [0.3, 0.4) is 0 Å². The van der Waals surface area contributed by atoms with Crippen molar-refractivity contribution in [2.45, 2.75) is 46.5 Å². The molecule has 0 heteroatoms. The molecule has 15 heavy (non-hydrogen) atoms. The van der Waals surface area contributed by atoms with Crippen molar-refractivity contribution in [1.29, 1.82) is 0 Å². The van der Waals surface area contributed by atoms with Crippen LogP contribution < -0.4 is 0 Å². The average Bonchev–Trinajstić information content (AvgIpc) is 2.28. The first kappa shape index (κ1) is 14.0. The van der Waals surface area contributed by atoms with Crippen LogP contribution in [0.2, 0.25) is 0 Å². The van der Waals surface area contributed by atoms with Gasteiger partial charge >= 0.3 is 0 Å². The van der Waals surface area contributed by atoms with Gasteiger partial charge < -0.3 is 0 Å². The highest BCUT2D eigenvalue weighted by atomic mass is 13.9. The summed E-state index contributed by atoms with van der Waals surface area (Å²) >= 11 is 0. The summed E-state index contributed by atoms with van der Waals surface area (Å²) in [6.07, 6.45) is 4.93. The molecular formula is C15H24. The van der Waals surface area contributed by atoms with E-state index in [-0.39, 0.29) is 0 Å². The molecule has 0 aliphatic carbocycles. The Labute approximate surface area is 95.0 Å². The molecule has 0 saturated carbocycles. The fourth-order valence-corrected chi connectivity index (χ4v) is 1.19. The Hall–Kier alpha value is -1.04. The van der Waals surface area contributed by atoms with Crippen LogP contribution >= 0.6 is 0 Å². The number of aryl methyl sites for hydroxylation is 1. The van der Waals surface area contributed by atoms with Gasteiger partial charge in [0, 0.05) is 0 Å². The van der Waals surface area contributed by atoms with Crippen LogP contribution in [0.15, 0.2) is 42.5 Å². The maximum absolute atomic E-state index is 3.79. The fraction of sp³-hybridized carbons (Fsp3) is 0.467. The highest BCUT2D eigenvalue weighted by Gasteiger charge is 1.81. The van der Waals surface area contributed by atoms with E-state index in [0.29, 0.717) is 0 Å². The maximum atomic E-state index is 3.79. The Morgan fingerprint density at radius 3 is 2.00 bits per heavy atom. The second kappa shape index (κ2) is 9.51. The van der Waals surface area contributed by atoms with Crippen molar-refractivity contribution < 1.29 is 0 Å². The van der Waals surface area contributed by atoms with Gasteiger partial charge in [-0.05, 0) is 31.7 Å². The lowest BCUT2D eigenvalue weighted by Crippen LogP contribution is -1.73. The lowest BCUT2D eigenvalue weighted by molar-refractivity contribution is 0.789. The van der Waals surface area contributed by atoms with E-state index in [1.165, 1.54) is 30.4 Å². The van der Waals surface area contributed by atoms with E-state index < -0.39 is 0 Å². The summed E-state index contributed by atoms with van der Waals surface area (Å²) < 4.78 is 0. The topological polar surface area (TPSA) is 0 Å². The maximum Gasteiger partial charge on any atom is -0.0307 e. The molecule has 84 valence electrons. The molecule has 1 aromatic carbocycles. The summed E-state index contributed by atoms with van der Waals surface area (Å²) in [6, 6.07) is 10.5. The van der Waals surface area contributed by atoms with E-state index in [0.717, 1.165) is 6.42 Å². The molecule has 0 aliphatic rings. The lowest BCUT2D eigenvalue weighted by Gasteiger charge is -1.91. The van der Waals surface area contributed by atoms with Crippen molar-refractivity contribution in [3.8, 4) is 0 Å². The number of benzene rings is 1. The number of unbranched alkanes of at least 4 members (excludes halogenated alkanes) is 1. The second-order valence-electron chi connectivity index (χ2n) is 3.90. The van der Waals surface area contributed by atoms with Gasteiger partial charge in [0.15, 0.2) is 0 Å². The van der Waals surface area contributed by atoms with Crippen LogP contribution in [0.1, 0.15) is 45.6 Å². The SMILES string of the molecule is C=C(C)CCCC.CCc1ccccc1. The largest absolute Gasteiger partial charge is 0.100 e. The summed E-state index contributed by atoms with van der Waals surface area (Å²) in [7, 11) is 0. The minimum Gasteiger partial charge on any atom is -0.100 e. The first-order valence-corrected chi connectivity index (χ1v) is 5.89. The van der Waals surface area contributed by atoms with E-state index in [9.17, 15) is 0 Å². The summed E-state index contributed by atoms with van der Waals surface area (Å²) in [5.74, 6) is 0. The number of allylic oxidation sites excluding steroid dienone is 1. The van der Waals surface area contributed by atoms with Crippen molar-refractivity contribution in [3.05, 3.63) is 48.0 Å². The monoisotopic (exact) mass is 204 g/mol. The van der Waals surface area contributed by atoms with Crippen LogP contribution in [-0.4, -0.2) is 0 Å². The third kappa shape index (κ3) is 9.27. The van der Waals surface area contributed by atoms with Crippen molar-refractivity contribution >= 4 is 0 Å². The average molecular weight is 204 g/mol. The molecule has 1 rings (SSSR count). The van der Waals surface area contributed by atoms with Gasteiger partial charge in [0.2, 0.25) is 0 Å². The van der Waals surface area contributed by atoms with Crippen LogP contribution in [0.4, 0.5) is 0 Å². The molecule has 0 heterocycles. The van der Waals surface area contributed by atoms with Gasteiger partial charge in [0.05, 0.1) is 0 Å². The van der Waals surface area contributed by atoms with Crippen LogP contribution in [0.25, 0.3) is 0 Å². The Bertz CT molecular complexity index is 246. The predicted octanol–water partition coefficient (Wildman–Crippen LogP) is 5.00. The standard InChI is InChI=1S/C8H10.C7H14/c1-2-8-6-4-3-5-7-8;1-4-5-6-7(2)3/h3-7H,2H2,1H3;2,4-6H2,1,3H3. The van der Waals surface area contributed by atoms with Crippen molar-refractivity contribution in [2.75, 3.05) is 0 Å². The van der Waals surface area contributed by atoms with Gasteiger partial charge in [-0.2, -0.15) is 0 Å². The molecule has 0 aromatic heterocycles. The molecule has 0 amide bonds. The minimum absolute atomic E-state index is 1.14. The zero-order chi connectivity index (χ0) is 11.5. The van der Waals surface area contributed by atoms with Crippen LogP contribution in [-0.2, 0) is 6.42 Å². The third-order valence-corrected chi connectivity index (χ3v) is 2.21. The van der Waals surface area contributed by atoms with Crippen molar-refractivity contribution in [2.24, 2.45) is 0 Å². The van der Waals surface area contributed by atoms with E-state index in [1.54, 1.807) is 0 Å². The van der Waals surface area contributed by atoms with Gasteiger partial charge in [0.1, 0.15) is 0 Å². The van der Waals surface area contributed by atoms with Gasteiger partial charge in [-0.1, -0.05) is 56.2 Å².